The Kier molecular flexibility index (Phi) is 6.80. The molecule has 0 atom stereocenters. The van der Waals surface area contributed by atoms with Crippen molar-refractivity contribution in [1.82, 2.24) is 13.6 Å². The first-order valence-corrected chi connectivity index (χ1v) is 15.5. The van der Waals surface area contributed by atoms with Crippen LogP contribution in [-0.4, -0.2) is 38.4 Å². The molecule has 5 heterocycles. The molecule has 3 aliphatic heterocycles. The van der Waals surface area contributed by atoms with Crippen molar-refractivity contribution in [2.45, 2.75) is 32.6 Å². The number of hydrogen-bond donors (Lipinski definition) is 2. The lowest BCUT2D eigenvalue weighted by atomic mass is 10.0. The predicted molar refractivity (Wildman–Crippen MR) is 167 cm³/mol. The van der Waals surface area contributed by atoms with Crippen molar-refractivity contribution in [3.05, 3.63) is 84.6 Å². The Morgan fingerprint density at radius 1 is 0.951 bits per heavy atom. The van der Waals surface area contributed by atoms with Gasteiger partial charge in [0.1, 0.15) is 17.1 Å². The fraction of sp³-hybridized carbons (Fsp3) is 0.250. The molecule has 1 amide bonds. The Hall–Kier alpha value is -4.01. The summed E-state index contributed by atoms with van der Waals surface area (Å²) in [5.74, 6) is 2.02. The molecule has 2 aromatic heterocycles. The number of nitrogens with one attached hydrogen (secondary N) is 2. The van der Waals surface area contributed by atoms with Gasteiger partial charge in [0, 0.05) is 23.4 Å². The largest absolute Gasteiger partial charge is 0.325 e. The minimum Gasteiger partial charge on any atom is -0.325 e. The number of rotatable bonds is 7. The normalized spacial score (nSPS) is 13.9. The number of nitrogens with zero attached hydrogens (tertiary/aromatic N) is 4. The van der Waals surface area contributed by atoms with Crippen LogP contribution in [0.1, 0.15) is 31.7 Å². The lowest BCUT2D eigenvalue weighted by Gasteiger charge is -2.23. The van der Waals surface area contributed by atoms with Gasteiger partial charge in [-0.25, -0.2) is 4.68 Å². The number of aryl methyl sites for hydroxylation is 1. The first-order chi connectivity index (χ1) is 20.1. The van der Waals surface area contributed by atoms with E-state index in [1.807, 2.05) is 12.1 Å². The monoisotopic (exact) mass is 583 g/mol. The summed E-state index contributed by atoms with van der Waals surface area (Å²) < 4.78 is 6.77. The van der Waals surface area contributed by atoms with Gasteiger partial charge < -0.3 is 5.32 Å². The third-order valence-electron chi connectivity index (χ3n) is 7.99. The Morgan fingerprint density at radius 3 is 2.39 bits per heavy atom. The molecule has 9 heteroatoms. The summed E-state index contributed by atoms with van der Waals surface area (Å²) in [6, 6.07) is 25.6. The summed E-state index contributed by atoms with van der Waals surface area (Å²) >= 11 is 7.42. The van der Waals surface area contributed by atoms with Crippen LogP contribution < -0.4 is 14.2 Å². The maximum atomic E-state index is 11.8. The van der Waals surface area contributed by atoms with Gasteiger partial charge in [-0.15, -0.1) is 15.6 Å². The Labute approximate surface area is 248 Å². The molecule has 0 radical (unpaired) electrons. The van der Waals surface area contributed by atoms with E-state index in [4.69, 9.17) is 11.6 Å². The van der Waals surface area contributed by atoms with Crippen LogP contribution in [0.5, 0.6) is 0 Å². The molecule has 7 nitrogen and oxygen atoms in total. The van der Waals surface area contributed by atoms with Gasteiger partial charge in [-0.1, -0.05) is 43.3 Å². The average molecular weight is 584 g/mol. The van der Waals surface area contributed by atoms with Gasteiger partial charge >= 0.3 is 0 Å². The number of anilines is 2. The summed E-state index contributed by atoms with van der Waals surface area (Å²) in [5, 5.41) is 6.39. The van der Waals surface area contributed by atoms with Crippen molar-refractivity contribution in [3.63, 3.8) is 0 Å². The zero-order valence-electron chi connectivity index (χ0n) is 22.9. The number of carbonyl (C=O) groups is 1. The maximum Gasteiger partial charge on any atom is 0.239 e. The van der Waals surface area contributed by atoms with Gasteiger partial charge in [0.05, 0.1) is 30.5 Å². The van der Waals surface area contributed by atoms with Crippen molar-refractivity contribution in [2.75, 3.05) is 29.2 Å². The smallest absolute Gasteiger partial charge is 0.239 e. The second-order valence-corrected chi connectivity index (χ2v) is 11.7. The van der Waals surface area contributed by atoms with Crippen LogP contribution in [-0.2, 0) is 11.2 Å². The van der Waals surface area contributed by atoms with Crippen LogP contribution in [0, 0.1) is 0 Å². The number of piperidine rings is 1. The summed E-state index contributed by atoms with van der Waals surface area (Å²) in [6.45, 7) is 4.34. The zero-order valence-corrected chi connectivity index (χ0v) is 24.5. The van der Waals surface area contributed by atoms with Gasteiger partial charge in [0.15, 0.2) is 11.7 Å². The number of aromatic nitrogens is 4. The molecule has 2 aromatic carbocycles. The summed E-state index contributed by atoms with van der Waals surface area (Å²) in [5.41, 5.74) is 8.93. The van der Waals surface area contributed by atoms with E-state index in [2.05, 4.69) is 102 Å². The van der Waals surface area contributed by atoms with Crippen LogP contribution >= 0.6 is 23.3 Å². The number of amides is 1. The first-order valence-electron chi connectivity index (χ1n) is 14.2. The van der Waals surface area contributed by atoms with E-state index < -0.39 is 0 Å². The van der Waals surface area contributed by atoms with Crippen molar-refractivity contribution in [2.24, 2.45) is 0 Å². The van der Waals surface area contributed by atoms with Crippen molar-refractivity contribution < 1.29 is 8.75 Å². The van der Waals surface area contributed by atoms with Gasteiger partial charge in [0.25, 0.3) is 0 Å². The topological polar surface area (TPSA) is 61.4 Å². The van der Waals surface area contributed by atoms with Crippen LogP contribution in [0.2, 0.25) is 0 Å². The molecule has 208 valence electrons. The van der Waals surface area contributed by atoms with Gasteiger partial charge in [-0.2, -0.15) is 3.79 Å². The molecule has 4 aromatic rings. The highest BCUT2D eigenvalue weighted by atomic mass is 35.5. The summed E-state index contributed by atoms with van der Waals surface area (Å²) in [7, 11) is 0. The SMILES string of the molecule is CCc1ccc(-c2cn(-c3ccc4c(-c5ccc(NC(=O)CCl)cc5)c5ccc(N6CCCCC6)[n+]-5sn34)[nH]2)cc1. The van der Waals surface area contributed by atoms with Crippen molar-refractivity contribution in [3.8, 4) is 33.9 Å². The zero-order chi connectivity index (χ0) is 27.9. The van der Waals surface area contributed by atoms with Gasteiger partial charge in [0.2, 0.25) is 17.5 Å². The number of hydrogen-bond acceptors (Lipinski definition) is 3. The second kappa shape index (κ2) is 10.8. The number of carbonyl (C=O) groups excluding carboxylic acids is 1. The molecule has 0 spiro atoms. The molecule has 2 N–H and O–H groups in total. The molecule has 3 aliphatic rings. The molecule has 41 heavy (non-hydrogen) atoms. The fourth-order valence-electron chi connectivity index (χ4n) is 5.76. The molecule has 0 aliphatic carbocycles. The third-order valence-corrected chi connectivity index (χ3v) is 9.32. The fourth-order valence-corrected chi connectivity index (χ4v) is 6.96. The molecular weight excluding hydrogens is 552 g/mol. The van der Waals surface area contributed by atoms with Crippen molar-refractivity contribution in [1.29, 1.82) is 0 Å². The molecule has 7 rings (SSSR count). The maximum absolute atomic E-state index is 11.8. The molecule has 1 saturated heterocycles. The Bertz CT molecular complexity index is 1770. The number of alkyl halides is 1. The van der Waals surface area contributed by atoms with E-state index in [1.54, 1.807) is 11.7 Å². The minimum atomic E-state index is -0.213. The van der Waals surface area contributed by atoms with Gasteiger partial charge in [-0.05, 0) is 61.1 Å². The Balaban J connectivity index is 1.33. The predicted octanol–water partition coefficient (Wildman–Crippen LogP) is 6.90. The first kappa shape index (κ1) is 25.9. The molecule has 0 bridgehead atoms. The quantitative estimate of drug-likeness (QED) is 0.159. The molecular formula is C32H32ClN6OS+. The highest BCUT2D eigenvalue weighted by molar-refractivity contribution is 6.96. The van der Waals surface area contributed by atoms with E-state index in [9.17, 15) is 4.79 Å². The number of benzene rings is 2. The standard InChI is InChI=1S/C32H31ClN6OS/c1-2-22-6-8-23(9-7-22)26-21-37(35-26)31-17-15-28-32(24-10-12-25(13-11-24)34-29(40)20-33)27-14-16-30(38(27)41-39(28)31)36-18-4-3-5-19-36/h6-17,21,35H,2-5,18-20H2,1H3/p+1. The van der Waals surface area contributed by atoms with Crippen LogP contribution in [0.3, 0.4) is 0 Å². The second-order valence-electron chi connectivity index (χ2n) is 10.6. The minimum absolute atomic E-state index is 0.0653. The number of H-pyrrole nitrogens is 1. The molecule has 1 fully saturated rings. The average Bonchev–Trinajstić information content (AvgIpc) is 3.61. The summed E-state index contributed by atoms with van der Waals surface area (Å²) in [6.07, 6.45) is 6.94. The van der Waals surface area contributed by atoms with E-state index in [-0.39, 0.29) is 11.8 Å². The molecule has 0 unspecified atom stereocenters. The Morgan fingerprint density at radius 2 is 1.68 bits per heavy atom. The van der Waals surface area contributed by atoms with E-state index >= 15 is 0 Å². The van der Waals surface area contributed by atoms with E-state index in [0.717, 1.165) is 53.4 Å². The third kappa shape index (κ3) is 4.71. The van der Waals surface area contributed by atoms with E-state index in [0.29, 0.717) is 0 Å². The highest BCUT2D eigenvalue weighted by Crippen LogP contribution is 2.36. The lowest BCUT2D eigenvalue weighted by molar-refractivity contribution is -0.505. The van der Waals surface area contributed by atoms with Crippen LogP contribution in [0.15, 0.2) is 79.0 Å². The number of aromatic amines is 1. The number of halogens is 1. The van der Waals surface area contributed by atoms with E-state index in [1.165, 1.54) is 41.9 Å². The molecule has 0 saturated carbocycles. The lowest BCUT2D eigenvalue weighted by Crippen LogP contribution is -2.40. The van der Waals surface area contributed by atoms with Crippen LogP contribution in [0.4, 0.5) is 11.5 Å². The highest BCUT2D eigenvalue weighted by Gasteiger charge is 2.30. The summed E-state index contributed by atoms with van der Waals surface area (Å²) in [4.78, 5) is 14.3. The number of fused-ring (bicyclic) bond motifs is 2. The van der Waals surface area contributed by atoms with Crippen molar-refractivity contribution >= 4 is 46.3 Å². The van der Waals surface area contributed by atoms with Gasteiger partial charge in [-0.3, -0.25) is 14.8 Å². The van der Waals surface area contributed by atoms with Crippen LogP contribution in [0.25, 0.3) is 39.4 Å².